The molecule has 3 saturated heterocycles. The summed E-state index contributed by atoms with van der Waals surface area (Å²) >= 11 is 0. The number of likely N-dealkylation sites (tertiary alicyclic amines) is 1. The van der Waals surface area contributed by atoms with Crippen molar-refractivity contribution in [2.24, 2.45) is 5.73 Å². The summed E-state index contributed by atoms with van der Waals surface area (Å²) in [7, 11) is 0. The van der Waals surface area contributed by atoms with E-state index in [-0.39, 0.29) is 24.2 Å². The molecule has 112 valence electrons. The minimum absolute atomic E-state index is 0.0523. The van der Waals surface area contributed by atoms with Crippen LogP contribution in [0.2, 0.25) is 0 Å². The first kappa shape index (κ1) is 13.8. The molecule has 2 N–H and O–H groups in total. The SMILES string of the molecule is CC1(C)N2CCC[C@H]2CN1[C@@H]1CCN(CC(N)=O)C1=O. The van der Waals surface area contributed by atoms with Gasteiger partial charge in [0.25, 0.3) is 0 Å². The fourth-order valence-electron chi connectivity index (χ4n) is 4.23. The Hall–Kier alpha value is -1.14. The summed E-state index contributed by atoms with van der Waals surface area (Å²) in [5, 5.41) is 0. The van der Waals surface area contributed by atoms with E-state index >= 15 is 0 Å². The Balaban J connectivity index is 1.74. The first-order valence-corrected chi connectivity index (χ1v) is 7.52. The van der Waals surface area contributed by atoms with Crippen LogP contribution in [0.25, 0.3) is 0 Å². The summed E-state index contributed by atoms with van der Waals surface area (Å²) in [6.07, 6.45) is 3.29. The van der Waals surface area contributed by atoms with Crippen molar-refractivity contribution in [1.82, 2.24) is 14.7 Å². The van der Waals surface area contributed by atoms with Crippen molar-refractivity contribution >= 4 is 11.8 Å². The molecule has 3 aliphatic rings. The molecule has 3 aliphatic heterocycles. The Morgan fingerprint density at radius 3 is 2.70 bits per heavy atom. The van der Waals surface area contributed by atoms with Crippen molar-refractivity contribution < 1.29 is 9.59 Å². The van der Waals surface area contributed by atoms with Crippen LogP contribution in [-0.4, -0.2) is 70.4 Å². The van der Waals surface area contributed by atoms with Gasteiger partial charge in [0.05, 0.1) is 18.2 Å². The average molecular weight is 280 g/mol. The minimum atomic E-state index is -0.430. The molecule has 20 heavy (non-hydrogen) atoms. The number of nitrogens with two attached hydrogens (primary N) is 1. The monoisotopic (exact) mass is 280 g/mol. The lowest BCUT2D eigenvalue weighted by Gasteiger charge is -2.40. The molecule has 6 heteroatoms. The van der Waals surface area contributed by atoms with E-state index < -0.39 is 5.91 Å². The lowest BCUT2D eigenvalue weighted by molar-refractivity contribution is -0.137. The molecule has 6 nitrogen and oxygen atoms in total. The number of carbonyl (C=O) groups is 2. The normalized spacial score (nSPS) is 33.9. The van der Waals surface area contributed by atoms with Crippen LogP contribution in [0.5, 0.6) is 0 Å². The van der Waals surface area contributed by atoms with Crippen LogP contribution < -0.4 is 5.73 Å². The van der Waals surface area contributed by atoms with Gasteiger partial charge in [-0.05, 0) is 33.1 Å². The molecule has 0 spiro atoms. The van der Waals surface area contributed by atoms with E-state index in [1.807, 2.05) is 0 Å². The van der Waals surface area contributed by atoms with E-state index in [1.165, 1.54) is 12.8 Å². The summed E-state index contributed by atoms with van der Waals surface area (Å²) in [5.74, 6) is -0.363. The van der Waals surface area contributed by atoms with Crippen LogP contribution in [0.1, 0.15) is 33.1 Å². The molecule has 0 saturated carbocycles. The van der Waals surface area contributed by atoms with Crippen LogP contribution in [0.15, 0.2) is 0 Å². The molecule has 2 amide bonds. The van der Waals surface area contributed by atoms with Crippen LogP contribution in [-0.2, 0) is 9.59 Å². The summed E-state index contributed by atoms with van der Waals surface area (Å²) in [6, 6.07) is 0.498. The van der Waals surface area contributed by atoms with Gasteiger partial charge in [-0.25, -0.2) is 0 Å². The highest BCUT2D eigenvalue weighted by atomic mass is 16.2. The fourth-order valence-corrected chi connectivity index (χ4v) is 4.23. The van der Waals surface area contributed by atoms with Gasteiger partial charge in [0.15, 0.2) is 0 Å². The van der Waals surface area contributed by atoms with Crippen molar-refractivity contribution in [3.8, 4) is 0 Å². The smallest absolute Gasteiger partial charge is 0.240 e. The number of hydrogen-bond donors (Lipinski definition) is 1. The van der Waals surface area contributed by atoms with Gasteiger partial charge in [-0.15, -0.1) is 0 Å². The molecule has 0 aromatic rings. The Labute approximate surface area is 119 Å². The second kappa shape index (κ2) is 4.70. The number of primary amides is 1. The molecule has 0 bridgehead atoms. The molecule has 0 aromatic heterocycles. The first-order valence-electron chi connectivity index (χ1n) is 7.52. The van der Waals surface area contributed by atoms with Crippen LogP contribution in [0, 0.1) is 0 Å². The predicted molar refractivity (Wildman–Crippen MR) is 74.7 cm³/mol. The number of fused-ring (bicyclic) bond motifs is 1. The fraction of sp³-hybridized carbons (Fsp3) is 0.857. The van der Waals surface area contributed by atoms with Crippen LogP contribution in [0.3, 0.4) is 0 Å². The highest BCUT2D eigenvalue weighted by molar-refractivity contribution is 5.88. The third-order valence-electron chi connectivity index (χ3n) is 5.18. The summed E-state index contributed by atoms with van der Waals surface area (Å²) in [4.78, 5) is 30.0. The minimum Gasteiger partial charge on any atom is -0.368 e. The number of carbonyl (C=O) groups excluding carboxylic acids is 2. The summed E-state index contributed by atoms with van der Waals surface area (Å²) in [5.41, 5.74) is 5.14. The zero-order valence-corrected chi connectivity index (χ0v) is 12.3. The highest BCUT2D eigenvalue weighted by Gasteiger charge is 2.52. The third kappa shape index (κ3) is 2.02. The molecule has 0 aromatic carbocycles. The van der Waals surface area contributed by atoms with Gasteiger partial charge in [0, 0.05) is 25.7 Å². The Morgan fingerprint density at radius 1 is 1.30 bits per heavy atom. The van der Waals surface area contributed by atoms with Crippen LogP contribution >= 0.6 is 0 Å². The lowest BCUT2D eigenvalue weighted by atomic mass is 10.1. The van der Waals surface area contributed by atoms with Crippen molar-refractivity contribution in [1.29, 1.82) is 0 Å². The number of amides is 2. The van der Waals surface area contributed by atoms with Gasteiger partial charge < -0.3 is 10.6 Å². The molecular weight excluding hydrogens is 256 g/mol. The standard InChI is InChI=1S/C14H24N4O2/c1-14(2)17-6-3-4-10(17)8-18(14)11-5-7-16(13(11)20)9-12(15)19/h10-11H,3-9H2,1-2H3,(H2,15,19)/t10-,11+/m0/s1. The Morgan fingerprint density at radius 2 is 2.05 bits per heavy atom. The van der Waals surface area contributed by atoms with Crippen LogP contribution in [0.4, 0.5) is 0 Å². The quantitative estimate of drug-likeness (QED) is 0.763. The molecule has 0 radical (unpaired) electrons. The number of rotatable bonds is 3. The third-order valence-corrected chi connectivity index (χ3v) is 5.18. The maximum Gasteiger partial charge on any atom is 0.240 e. The Bertz CT molecular complexity index is 437. The largest absolute Gasteiger partial charge is 0.368 e. The highest BCUT2D eigenvalue weighted by Crippen LogP contribution is 2.39. The van der Waals surface area contributed by atoms with Gasteiger partial charge >= 0.3 is 0 Å². The first-order chi connectivity index (χ1) is 9.41. The maximum absolute atomic E-state index is 12.5. The van der Waals surface area contributed by atoms with Gasteiger partial charge in [-0.3, -0.25) is 19.4 Å². The van der Waals surface area contributed by atoms with Gasteiger partial charge in [-0.2, -0.15) is 0 Å². The summed E-state index contributed by atoms with van der Waals surface area (Å²) < 4.78 is 0. The van der Waals surface area contributed by atoms with E-state index in [1.54, 1.807) is 4.90 Å². The van der Waals surface area contributed by atoms with Crippen molar-refractivity contribution in [3.05, 3.63) is 0 Å². The zero-order chi connectivity index (χ0) is 14.5. The molecule has 3 rings (SSSR count). The van der Waals surface area contributed by atoms with E-state index in [9.17, 15) is 9.59 Å². The van der Waals surface area contributed by atoms with Crippen molar-refractivity contribution in [2.75, 3.05) is 26.2 Å². The van der Waals surface area contributed by atoms with E-state index in [2.05, 4.69) is 23.6 Å². The van der Waals surface area contributed by atoms with Gasteiger partial charge in [0.2, 0.25) is 11.8 Å². The molecule has 0 unspecified atom stereocenters. The van der Waals surface area contributed by atoms with E-state index in [4.69, 9.17) is 5.73 Å². The van der Waals surface area contributed by atoms with Crippen molar-refractivity contribution in [2.45, 2.75) is 50.9 Å². The van der Waals surface area contributed by atoms with Gasteiger partial charge in [-0.1, -0.05) is 0 Å². The lowest BCUT2D eigenvalue weighted by Crippen LogP contribution is -2.54. The predicted octanol–water partition coefficient (Wildman–Crippen LogP) is -0.411. The van der Waals surface area contributed by atoms with E-state index in [0.29, 0.717) is 12.6 Å². The Kier molecular flexibility index (Phi) is 3.25. The molecule has 0 aliphatic carbocycles. The number of nitrogens with zero attached hydrogens (tertiary/aromatic N) is 3. The maximum atomic E-state index is 12.5. The second-order valence-electron chi connectivity index (χ2n) is 6.67. The number of hydrogen-bond acceptors (Lipinski definition) is 4. The molecule has 3 heterocycles. The van der Waals surface area contributed by atoms with Crippen molar-refractivity contribution in [3.63, 3.8) is 0 Å². The second-order valence-corrected chi connectivity index (χ2v) is 6.67. The molecule has 2 atom stereocenters. The average Bonchev–Trinajstić information content (AvgIpc) is 2.99. The molecule has 3 fully saturated rings. The van der Waals surface area contributed by atoms with Gasteiger partial charge in [0.1, 0.15) is 0 Å². The summed E-state index contributed by atoms with van der Waals surface area (Å²) in [6.45, 7) is 7.21. The molecular formula is C14H24N4O2. The topological polar surface area (TPSA) is 69.9 Å². The zero-order valence-electron chi connectivity index (χ0n) is 12.3. The van der Waals surface area contributed by atoms with E-state index in [0.717, 1.165) is 19.5 Å².